The van der Waals surface area contributed by atoms with Crippen molar-refractivity contribution in [2.45, 2.75) is 43.4 Å². The van der Waals surface area contributed by atoms with Gasteiger partial charge in [0.2, 0.25) is 0 Å². The lowest BCUT2D eigenvalue weighted by molar-refractivity contribution is 0.362. The fraction of sp³-hybridized carbons (Fsp3) is 0.500. The third-order valence-corrected chi connectivity index (χ3v) is 5.55. The van der Waals surface area contributed by atoms with Crippen molar-refractivity contribution in [2.75, 3.05) is 0 Å². The second-order valence-corrected chi connectivity index (χ2v) is 10.3. The van der Waals surface area contributed by atoms with Gasteiger partial charge in [-0.1, -0.05) is 25.5 Å². The molecule has 0 unspecified atom stereocenters. The molecule has 0 aliphatic rings. The zero-order valence-corrected chi connectivity index (χ0v) is 13.9. The molecule has 22 heavy (non-hydrogen) atoms. The number of hydrogen-bond donors (Lipinski definition) is 1. The molecular formula is C12H17F6NOS2. The highest BCUT2D eigenvalue weighted by molar-refractivity contribution is 8.45. The maximum Gasteiger partial charge on any atom is 0.310 e. The van der Waals surface area contributed by atoms with Crippen LogP contribution in [0.5, 0.6) is 0 Å². The first-order chi connectivity index (χ1) is 9.41. The van der Waals surface area contributed by atoms with Crippen LogP contribution in [0.2, 0.25) is 0 Å². The number of hydrogen-bond acceptors (Lipinski definition) is 1. The molecule has 1 aromatic rings. The average molecular weight is 369 g/mol. The van der Waals surface area contributed by atoms with Gasteiger partial charge in [-0.2, -0.15) is 0 Å². The fourth-order valence-electron chi connectivity index (χ4n) is 1.50. The Labute approximate surface area is 127 Å². The molecule has 0 saturated heterocycles. The minimum atomic E-state index is -9.91. The Bertz CT molecular complexity index is 608. The van der Waals surface area contributed by atoms with E-state index in [1.165, 1.54) is 6.92 Å². The predicted molar refractivity (Wildman–Crippen MR) is 77.2 cm³/mol. The smallest absolute Gasteiger partial charge is 0.242 e. The SMILES string of the molecule is C[C@@H](N[S@](=O)C(C)(C)C)c1ccc(S(F)(F)(F)(F)F)cc1F. The van der Waals surface area contributed by atoms with Gasteiger partial charge in [-0.15, -0.1) is 0 Å². The number of halogens is 6. The Kier molecular flexibility index (Phi) is 4.28. The van der Waals surface area contributed by atoms with Crippen molar-refractivity contribution < 1.29 is 28.0 Å². The molecular weight excluding hydrogens is 352 g/mol. The van der Waals surface area contributed by atoms with Gasteiger partial charge < -0.3 is 0 Å². The maximum absolute atomic E-state index is 13.8. The second kappa shape index (κ2) is 4.88. The predicted octanol–water partition coefficient (Wildman–Crippen LogP) is 5.60. The quantitative estimate of drug-likeness (QED) is 0.688. The standard InChI is InChI=1S/C12H17F6NOS2/c1-8(19-21(20)12(2,3)4)10-6-5-9(7-11(10)13)22(14,15,16,17)18/h5-8,19H,1-4H3/t8-,21-/m1/s1. The van der Waals surface area contributed by atoms with Crippen molar-refractivity contribution in [3.63, 3.8) is 0 Å². The van der Waals surface area contributed by atoms with Gasteiger partial charge in [0.15, 0.2) is 0 Å². The van der Waals surface area contributed by atoms with Gasteiger partial charge in [0, 0.05) is 11.6 Å². The molecule has 0 spiro atoms. The van der Waals surface area contributed by atoms with Crippen molar-refractivity contribution in [1.82, 2.24) is 4.72 Å². The summed E-state index contributed by atoms with van der Waals surface area (Å²) in [6, 6.07) is -0.375. The molecule has 1 rings (SSSR count). The topological polar surface area (TPSA) is 29.1 Å². The van der Waals surface area contributed by atoms with Gasteiger partial charge in [0.1, 0.15) is 10.7 Å². The lowest BCUT2D eigenvalue weighted by Gasteiger charge is -2.40. The molecule has 0 radical (unpaired) electrons. The number of benzene rings is 1. The highest BCUT2D eigenvalue weighted by Crippen LogP contribution is 3.02. The lowest BCUT2D eigenvalue weighted by atomic mass is 10.1. The molecule has 10 heteroatoms. The maximum atomic E-state index is 13.8. The van der Waals surface area contributed by atoms with Crippen molar-refractivity contribution >= 4 is 21.2 Å². The Balaban J connectivity index is 3.14. The van der Waals surface area contributed by atoms with Crippen LogP contribution in [0.1, 0.15) is 39.3 Å². The molecule has 0 bridgehead atoms. The summed E-state index contributed by atoms with van der Waals surface area (Å²) < 4.78 is 90.5. The summed E-state index contributed by atoms with van der Waals surface area (Å²) in [5, 5.41) is 0. The van der Waals surface area contributed by atoms with E-state index in [1.54, 1.807) is 20.8 Å². The Morgan fingerprint density at radius 2 is 1.64 bits per heavy atom. The average Bonchev–Trinajstić information content (AvgIpc) is 2.23. The second-order valence-electron chi connectivity index (χ2n) is 5.87. The molecule has 2 nitrogen and oxygen atoms in total. The minimum absolute atomic E-state index is 0.137. The molecule has 1 N–H and O–H groups in total. The van der Waals surface area contributed by atoms with Crippen molar-refractivity contribution in [3.8, 4) is 0 Å². The number of rotatable bonds is 4. The van der Waals surface area contributed by atoms with Gasteiger partial charge in [-0.05, 0) is 39.8 Å². The Morgan fingerprint density at radius 3 is 2.00 bits per heavy atom. The van der Waals surface area contributed by atoms with Gasteiger partial charge >= 0.3 is 10.2 Å². The monoisotopic (exact) mass is 369 g/mol. The number of nitrogens with one attached hydrogen (secondary N) is 1. The van der Waals surface area contributed by atoms with E-state index in [-0.39, 0.29) is 17.7 Å². The van der Waals surface area contributed by atoms with E-state index in [9.17, 15) is 28.0 Å². The van der Waals surface area contributed by atoms with Gasteiger partial charge in [-0.25, -0.2) is 13.3 Å². The summed E-state index contributed by atoms with van der Waals surface area (Å²) in [5.74, 6) is -1.43. The van der Waals surface area contributed by atoms with Gasteiger partial charge in [0.05, 0.1) is 15.7 Å². The highest BCUT2D eigenvalue weighted by Gasteiger charge is 2.65. The van der Waals surface area contributed by atoms with Crippen LogP contribution >= 0.6 is 10.2 Å². The Hall–Kier alpha value is -0.740. The third-order valence-electron chi connectivity index (χ3n) is 2.72. The third kappa shape index (κ3) is 4.88. The zero-order valence-electron chi connectivity index (χ0n) is 12.3. The highest BCUT2D eigenvalue weighted by atomic mass is 32.5. The van der Waals surface area contributed by atoms with Crippen LogP contribution in [0.25, 0.3) is 0 Å². The summed E-state index contributed by atoms with van der Waals surface area (Å²) >= 11 is 0. The van der Waals surface area contributed by atoms with Crippen molar-refractivity contribution in [2.24, 2.45) is 0 Å². The van der Waals surface area contributed by atoms with Crippen molar-refractivity contribution in [3.05, 3.63) is 29.6 Å². The van der Waals surface area contributed by atoms with E-state index in [4.69, 9.17) is 0 Å². The molecule has 0 heterocycles. The first-order valence-corrected chi connectivity index (χ1v) is 9.23. The molecule has 0 aromatic heterocycles. The van der Waals surface area contributed by atoms with E-state index < -0.39 is 42.7 Å². The first kappa shape index (κ1) is 19.3. The summed E-state index contributed by atoms with van der Waals surface area (Å²) in [7, 11) is -11.5. The molecule has 0 fully saturated rings. The Morgan fingerprint density at radius 1 is 1.14 bits per heavy atom. The van der Waals surface area contributed by atoms with Crippen LogP contribution in [0, 0.1) is 5.82 Å². The minimum Gasteiger partial charge on any atom is -0.242 e. The van der Waals surface area contributed by atoms with E-state index in [1.807, 2.05) is 0 Å². The summed E-state index contributed by atoms with van der Waals surface area (Å²) in [4.78, 5) is -2.29. The zero-order chi connectivity index (χ0) is 17.6. The summed E-state index contributed by atoms with van der Waals surface area (Å²) in [5.41, 5.74) is -0.275. The molecule has 2 atom stereocenters. The molecule has 130 valence electrons. The van der Waals surface area contributed by atoms with Gasteiger partial charge in [-0.3, -0.25) is 0 Å². The van der Waals surface area contributed by atoms with E-state index in [0.29, 0.717) is 6.07 Å². The normalized spacial score (nSPS) is 19.2. The van der Waals surface area contributed by atoms with Crippen LogP contribution in [0.4, 0.5) is 23.8 Å². The molecule has 0 aliphatic carbocycles. The van der Waals surface area contributed by atoms with Crippen molar-refractivity contribution in [1.29, 1.82) is 0 Å². The largest absolute Gasteiger partial charge is 0.310 e. The molecule has 0 amide bonds. The van der Waals surface area contributed by atoms with E-state index >= 15 is 0 Å². The van der Waals surface area contributed by atoms with Crippen LogP contribution in [-0.2, 0) is 11.0 Å². The van der Waals surface area contributed by atoms with Crippen LogP contribution in [0.3, 0.4) is 0 Å². The first-order valence-electron chi connectivity index (χ1n) is 6.13. The summed E-state index contributed by atoms with van der Waals surface area (Å²) in [6.07, 6.45) is 0. The van der Waals surface area contributed by atoms with E-state index in [2.05, 4.69) is 4.72 Å². The molecule has 0 saturated carbocycles. The lowest BCUT2D eigenvalue weighted by Crippen LogP contribution is -2.35. The molecule has 1 aromatic carbocycles. The summed E-state index contributed by atoms with van der Waals surface area (Å²) in [6.45, 7) is 6.32. The van der Waals surface area contributed by atoms with E-state index in [0.717, 1.165) is 0 Å². The van der Waals surface area contributed by atoms with Crippen LogP contribution < -0.4 is 4.72 Å². The fourth-order valence-corrected chi connectivity index (χ4v) is 2.95. The van der Waals surface area contributed by atoms with Crippen LogP contribution in [0.15, 0.2) is 23.1 Å². The molecule has 0 aliphatic heterocycles. The van der Waals surface area contributed by atoms with Crippen LogP contribution in [-0.4, -0.2) is 8.96 Å². The van der Waals surface area contributed by atoms with Gasteiger partial charge in [0.25, 0.3) is 0 Å².